The van der Waals surface area contributed by atoms with Crippen LogP contribution in [0.25, 0.3) is 11.6 Å². The summed E-state index contributed by atoms with van der Waals surface area (Å²) in [6.07, 6.45) is 3.18. The van der Waals surface area contributed by atoms with E-state index in [1.807, 2.05) is 24.3 Å². The molecule has 1 aromatic heterocycles. The molecule has 0 saturated carbocycles. The van der Waals surface area contributed by atoms with E-state index in [1.165, 1.54) is 0 Å². The van der Waals surface area contributed by atoms with Gasteiger partial charge in [-0.05, 0) is 48.4 Å². The number of furan rings is 1. The van der Waals surface area contributed by atoms with Gasteiger partial charge in [-0.1, -0.05) is 18.7 Å². The fraction of sp³-hybridized carbons (Fsp3) is 0.167. The topological polar surface area (TPSA) is 48.7 Å². The van der Waals surface area contributed by atoms with Gasteiger partial charge in [-0.3, -0.25) is 0 Å². The molecule has 0 amide bonds. The van der Waals surface area contributed by atoms with Crippen LogP contribution in [0, 0.1) is 0 Å². The molecular weight excluding hydrogens is 280 g/mol. The second kappa shape index (κ2) is 7.31. The standard InChI is InChI=1S/C18H18O4/c1-4-21-18(19)17(12-16-6-5-11-22-16)13(2)14-7-9-15(20-3)10-8-14/h5-12H,2,4H2,1,3H3/b17-12-. The first-order chi connectivity index (χ1) is 10.7. The Labute approximate surface area is 129 Å². The van der Waals surface area contributed by atoms with Crippen LogP contribution < -0.4 is 4.74 Å². The minimum Gasteiger partial charge on any atom is -0.497 e. The second-order valence-electron chi connectivity index (χ2n) is 4.50. The molecular formula is C18H18O4. The molecule has 0 aliphatic heterocycles. The molecule has 0 saturated heterocycles. The Morgan fingerprint density at radius 1 is 1.27 bits per heavy atom. The number of carbonyl (C=O) groups is 1. The molecule has 4 nitrogen and oxygen atoms in total. The van der Waals surface area contributed by atoms with E-state index in [4.69, 9.17) is 13.9 Å². The summed E-state index contributed by atoms with van der Waals surface area (Å²) in [5, 5.41) is 0. The first-order valence-electron chi connectivity index (χ1n) is 6.91. The molecule has 0 radical (unpaired) electrons. The van der Waals surface area contributed by atoms with Gasteiger partial charge >= 0.3 is 5.97 Å². The lowest BCUT2D eigenvalue weighted by Gasteiger charge is -2.11. The van der Waals surface area contributed by atoms with Crippen LogP contribution in [0.5, 0.6) is 5.75 Å². The number of methoxy groups -OCH3 is 1. The maximum absolute atomic E-state index is 12.2. The zero-order valence-electron chi connectivity index (χ0n) is 12.7. The summed E-state index contributed by atoms with van der Waals surface area (Å²) in [5.74, 6) is 0.877. The van der Waals surface area contributed by atoms with Gasteiger partial charge in [-0.2, -0.15) is 0 Å². The highest BCUT2D eigenvalue weighted by Crippen LogP contribution is 2.26. The predicted molar refractivity (Wildman–Crippen MR) is 85.3 cm³/mol. The van der Waals surface area contributed by atoms with Gasteiger partial charge in [0.1, 0.15) is 11.5 Å². The molecule has 0 unspecified atom stereocenters. The molecule has 0 N–H and O–H groups in total. The van der Waals surface area contributed by atoms with Crippen molar-refractivity contribution in [2.45, 2.75) is 6.92 Å². The number of benzene rings is 1. The van der Waals surface area contributed by atoms with E-state index in [2.05, 4.69) is 6.58 Å². The van der Waals surface area contributed by atoms with E-state index < -0.39 is 5.97 Å². The molecule has 0 spiro atoms. The van der Waals surface area contributed by atoms with Crippen LogP contribution in [0.15, 0.2) is 59.2 Å². The molecule has 4 heteroatoms. The lowest BCUT2D eigenvalue weighted by molar-refractivity contribution is -0.137. The maximum Gasteiger partial charge on any atom is 0.338 e. The Kier molecular flexibility index (Phi) is 5.20. The number of hydrogen-bond acceptors (Lipinski definition) is 4. The maximum atomic E-state index is 12.2. The van der Waals surface area contributed by atoms with Crippen molar-refractivity contribution in [3.8, 4) is 5.75 Å². The Bertz CT molecular complexity index is 664. The molecule has 0 bridgehead atoms. The molecule has 1 heterocycles. The predicted octanol–water partition coefficient (Wildman–Crippen LogP) is 3.95. The van der Waals surface area contributed by atoms with E-state index in [1.54, 1.807) is 38.5 Å². The lowest BCUT2D eigenvalue weighted by Crippen LogP contribution is -2.09. The smallest absolute Gasteiger partial charge is 0.338 e. The average molecular weight is 298 g/mol. The van der Waals surface area contributed by atoms with Crippen LogP contribution in [0.2, 0.25) is 0 Å². The number of carbonyl (C=O) groups excluding carboxylic acids is 1. The lowest BCUT2D eigenvalue weighted by atomic mass is 9.98. The molecule has 114 valence electrons. The minimum atomic E-state index is -0.431. The van der Waals surface area contributed by atoms with Gasteiger partial charge in [0, 0.05) is 0 Å². The SMILES string of the molecule is C=C(/C(=C/c1ccco1)C(=O)OCC)c1ccc(OC)cc1. The minimum absolute atomic E-state index is 0.296. The van der Waals surface area contributed by atoms with Crippen molar-refractivity contribution < 1.29 is 18.7 Å². The molecule has 0 fully saturated rings. The molecule has 0 aliphatic carbocycles. The summed E-state index contributed by atoms with van der Waals surface area (Å²) in [7, 11) is 1.60. The Morgan fingerprint density at radius 3 is 2.55 bits per heavy atom. The molecule has 2 rings (SSSR count). The summed E-state index contributed by atoms with van der Waals surface area (Å²) < 4.78 is 15.5. The fourth-order valence-electron chi connectivity index (χ4n) is 1.94. The van der Waals surface area contributed by atoms with Gasteiger partial charge in [0.25, 0.3) is 0 Å². The van der Waals surface area contributed by atoms with Crippen molar-refractivity contribution >= 4 is 17.6 Å². The Morgan fingerprint density at radius 2 is 2.00 bits per heavy atom. The zero-order valence-corrected chi connectivity index (χ0v) is 12.7. The van der Waals surface area contributed by atoms with Crippen molar-refractivity contribution in [3.05, 3.63) is 66.1 Å². The van der Waals surface area contributed by atoms with E-state index in [9.17, 15) is 4.79 Å². The molecule has 0 aliphatic rings. The largest absolute Gasteiger partial charge is 0.497 e. The normalized spacial score (nSPS) is 11.1. The van der Waals surface area contributed by atoms with Crippen molar-refractivity contribution in [3.63, 3.8) is 0 Å². The summed E-state index contributed by atoms with van der Waals surface area (Å²) in [5.41, 5.74) is 1.74. The van der Waals surface area contributed by atoms with Crippen LogP contribution in [0.3, 0.4) is 0 Å². The second-order valence-corrected chi connectivity index (χ2v) is 4.50. The van der Waals surface area contributed by atoms with Gasteiger partial charge in [-0.15, -0.1) is 0 Å². The van der Waals surface area contributed by atoms with E-state index in [0.717, 1.165) is 11.3 Å². The van der Waals surface area contributed by atoms with Crippen molar-refractivity contribution in [2.24, 2.45) is 0 Å². The van der Waals surface area contributed by atoms with E-state index in [0.29, 0.717) is 23.5 Å². The third-order valence-electron chi connectivity index (χ3n) is 3.09. The van der Waals surface area contributed by atoms with Gasteiger partial charge < -0.3 is 13.9 Å². The van der Waals surface area contributed by atoms with Crippen molar-refractivity contribution in [1.82, 2.24) is 0 Å². The monoisotopic (exact) mass is 298 g/mol. The highest BCUT2D eigenvalue weighted by molar-refractivity contribution is 6.09. The van der Waals surface area contributed by atoms with Gasteiger partial charge in [0.05, 0.1) is 25.6 Å². The third kappa shape index (κ3) is 3.67. The Hall–Kier alpha value is -2.75. The molecule has 1 aromatic carbocycles. The van der Waals surface area contributed by atoms with Crippen LogP contribution >= 0.6 is 0 Å². The summed E-state index contributed by atoms with van der Waals surface area (Å²) >= 11 is 0. The van der Waals surface area contributed by atoms with Crippen molar-refractivity contribution in [2.75, 3.05) is 13.7 Å². The summed E-state index contributed by atoms with van der Waals surface area (Å²) in [6.45, 7) is 6.07. The van der Waals surface area contributed by atoms with Crippen LogP contribution in [-0.4, -0.2) is 19.7 Å². The van der Waals surface area contributed by atoms with Gasteiger partial charge in [-0.25, -0.2) is 4.79 Å². The van der Waals surface area contributed by atoms with E-state index >= 15 is 0 Å². The molecule has 2 aromatic rings. The van der Waals surface area contributed by atoms with Crippen LogP contribution in [-0.2, 0) is 9.53 Å². The van der Waals surface area contributed by atoms with E-state index in [-0.39, 0.29) is 0 Å². The fourth-order valence-corrected chi connectivity index (χ4v) is 1.94. The third-order valence-corrected chi connectivity index (χ3v) is 3.09. The summed E-state index contributed by atoms with van der Waals surface area (Å²) in [4.78, 5) is 12.2. The zero-order chi connectivity index (χ0) is 15.9. The van der Waals surface area contributed by atoms with Gasteiger partial charge in [0.2, 0.25) is 0 Å². The highest BCUT2D eigenvalue weighted by atomic mass is 16.5. The average Bonchev–Trinajstić information content (AvgIpc) is 3.05. The first kappa shape index (κ1) is 15.6. The number of esters is 1. The Balaban J connectivity index is 2.35. The number of ether oxygens (including phenoxy) is 2. The highest BCUT2D eigenvalue weighted by Gasteiger charge is 2.16. The van der Waals surface area contributed by atoms with Crippen molar-refractivity contribution in [1.29, 1.82) is 0 Å². The summed E-state index contributed by atoms with van der Waals surface area (Å²) in [6, 6.07) is 10.8. The van der Waals surface area contributed by atoms with Crippen LogP contribution in [0.1, 0.15) is 18.2 Å². The number of rotatable bonds is 6. The van der Waals surface area contributed by atoms with Gasteiger partial charge in [0.15, 0.2) is 0 Å². The quantitative estimate of drug-likeness (QED) is 0.460. The van der Waals surface area contributed by atoms with Crippen LogP contribution in [0.4, 0.5) is 0 Å². The first-order valence-corrected chi connectivity index (χ1v) is 6.91. The molecule has 22 heavy (non-hydrogen) atoms. The molecule has 0 atom stereocenters. The number of hydrogen-bond donors (Lipinski definition) is 0.